The van der Waals surface area contributed by atoms with Crippen LogP contribution in [0.5, 0.6) is 0 Å². The summed E-state index contributed by atoms with van der Waals surface area (Å²) in [6, 6.07) is 34.2. The zero-order valence-corrected chi connectivity index (χ0v) is 31.6. The normalized spacial score (nSPS) is 20.2. The van der Waals surface area contributed by atoms with Gasteiger partial charge in [0.2, 0.25) is 0 Å². The van der Waals surface area contributed by atoms with Gasteiger partial charge < -0.3 is 0 Å². The van der Waals surface area contributed by atoms with Gasteiger partial charge >= 0.3 is 0 Å². The van der Waals surface area contributed by atoms with E-state index in [2.05, 4.69) is 152 Å². The molecular formula is C47H54Si. The molecule has 7 rings (SSSR count). The molecule has 1 saturated carbocycles. The number of fused-ring (bicyclic) bond motifs is 2. The fraction of sp³-hybridized carbons (Fsp3) is 0.404. The van der Waals surface area contributed by atoms with Gasteiger partial charge in [-0.3, -0.25) is 0 Å². The minimum Gasteiger partial charge on any atom is -0.0655 e. The van der Waals surface area contributed by atoms with E-state index in [1.54, 1.807) is 22.3 Å². The minimum atomic E-state index is 0.166. The van der Waals surface area contributed by atoms with Crippen LogP contribution in [0.25, 0.3) is 34.4 Å². The second kappa shape index (κ2) is 12.5. The maximum atomic E-state index is 2.56. The first-order valence-electron chi connectivity index (χ1n) is 18.4. The van der Waals surface area contributed by atoms with E-state index in [1.165, 1.54) is 82.7 Å². The van der Waals surface area contributed by atoms with Crippen molar-refractivity contribution in [2.75, 3.05) is 0 Å². The van der Waals surface area contributed by atoms with Crippen LogP contribution in [0.15, 0.2) is 96.1 Å². The van der Waals surface area contributed by atoms with Crippen LogP contribution in [0.3, 0.4) is 0 Å². The molecule has 3 aliphatic carbocycles. The Labute approximate surface area is 293 Å². The van der Waals surface area contributed by atoms with E-state index in [9.17, 15) is 0 Å². The van der Waals surface area contributed by atoms with Crippen molar-refractivity contribution < 1.29 is 0 Å². The Bertz CT molecular complexity index is 1860. The number of hydrogen-bond acceptors (Lipinski definition) is 0. The maximum Gasteiger partial charge on any atom is 0.0477 e. The summed E-state index contributed by atoms with van der Waals surface area (Å²) in [5.41, 5.74) is 17.8. The highest BCUT2D eigenvalue weighted by atomic mass is 28.2. The minimum absolute atomic E-state index is 0.166. The Morgan fingerprint density at radius 1 is 0.583 bits per heavy atom. The van der Waals surface area contributed by atoms with E-state index in [1.807, 2.05) is 0 Å². The molecular weight excluding hydrogens is 593 g/mol. The van der Waals surface area contributed by atoms with Crippen molar-refractivity contribution in [1.82, 2.24) is 0 Å². The van der Waals surface area contributed by atoms with E-state index >= 15 is 0 Å². The van der Waals surface area contributed by atoms with Crippen LogP contribution in [0.4, 0.5) is 0 Å². The van der Waals surface area contributed by atoms with Gasteiger partial charge in [0.1, 0.15) is 0 Å². The topological polar surface area (TPSA) is 0 Å². The van der Waals surface area contributed by atoms with E-state index in [4.69, 9.17) is 0 Å². The summed E-state index contributed by atoms with van der Waals surface area (Å²) in [5.74, 6) is 1.04. The summed E-state index contributed by atoms with van der Waals surface area (Å²) in [6.07, 6.45) is 11.9. The molecule has 2 radical (unpaired) electrons. The van der Waals surface area contributed by atoms with Gasteiger partial charge in [0, 0.05) is 21.4 Å². The zero-order chi connectivity index (χ0) is 33.8. The summed E-state index contributed by atoms with van der Waals surface area (Å²) < 4.78 is 0. The van der Waals surface area contributed by atoms with Crippen LogP contribution < -0.4 is 0 Å². The molecule has 246 valence electrons. The van der Waals surface area contributed by atoms with Crippen LogP contribution in [0.2, 0.25) is 11.1 Å². The van der Waals surface area contributed by atoms with Crippen molar-refractivity contribution >= 4 is 21.7 Å². The number of benzene rings is 4. The zero-order valence-electron chi connectivity index (χ0n) is 30.6. The molecule has 0 heterocycles. The Morgan fingerprint density at radius 2 is 1.06 bits per heavy atom. The number of rotatable bonds is 6. The van der Waals surface area contributed by atoms with Crippen molar-refractivity contribution in [3.63, 3.8) is 0 Å². The summed E-state index contributed by atoms with van der Waals surface area (Å²) in [5, 5.41) is 0.349. The average molecular weight is 647 g/mol. The predicted molar refractivity (Wildman–Crippen MR) is 210 cm³/mol. The van der Waals surface area contributed by atoms with Crippen LogP contribution >= 0.6 is 0 Å². The van der Waals surface area contributed by atoms with E-state index < -0.39 is 0 Å². The summed E-state index contributed by atoms with van der Waals surface area (Å²) in [4.78, 5) is 0. The molecule has 4 aromatic rings. The average Bonchev–Trinajstić information content (AvgIpc) is 3.58. The van der Waals surface area contributed by atoms with Gasteiger partial charge in [-0.1, -0.05) is 169 Å². The summed E-state index contributed by atoms with van der Waals surface area (Å²) >= 11 is 0. The fourth-order valence-corrected chi connectivity index (χ4v) is 11.5. The molecule has 0 aromatic heterocycles. The van der Waals surface area contributed by atoms with Crippen LogP contribution in [-0.2, 0) is 10.8 Å². The van der Waals surface area contributed by atoms with Gasteiger partial charge in [0.05, 0.1) is 0 Å². The second-order valence-electron chi connectivity index (χ2n) is 17.1. The van der Waals surface area contributed by atoms with Crippen LogP contribution in [0.1, 0.15) is 133 Å². The van der Waals surface area contributed by atoms with Crippen LogP contribution in [0, 0.1) is 0 Å². The third-order valence-electron chi connectivity index (χ3n) is 11.8. The van der Waals surface area contributed by atoms with Gasteiger partial charge in [-0.15, -0.1) is 0 Å². The maximum absolute atomic E-state index is 2.56. The highest BCUT2D eigenvalue weighted by Gasteiger charge is 2.45. The smallest absolute Gasteiger partial charge is 0.0477 e. The van der Waals surface area contributed by atoms with Crippen molar-refractivity contribution in [2.45, 2.75) is 121 Å². The Balaban J connectivity index is 1.18. The summed E-state index contributed by atoms with van der Waals surface area (Å²) in [7, 11) is 0.944. The second-order valence-corrected chi connectivity index (χ2v) is 18.9. The van der Waals surface area contributed by atoms with Gasteiger partial charge in [-0.2, -0.15) is 0 Å². The third kappa shape index (κ3) is 6.02. The molecule has 3 aliphatic rings. The molecule has 0 spiro atoms. The Hall–Kier alpha value is -3.42. The van der Waals surface area contributed by atoms with Crippen molar-refractivity contribution in [3.8, 4) is 22.3 Å². The third-order valence-corrected chi connectivity index (χ3v) is 13.9. The number of allylic oxidation sites excluding steroid dienone is 2. The van der Waals surface area contributed by atoms with Crippen molar-refractivity contribution in [3.05, 3.63) is 129 Å². The quantitative estimate of drug-likeness (QED) is 0.183. The first-order chi connectivity index (χ1) is 22.9. The van der Waals surface area contributed by atoms with Gasteiger partial charge in [0.15, 0.2) is 0 Å². The van der Waals surface area contributed by atoms with Crippen LogP contribution in [-0.4, -0.2) is 9.52 Å². The lowest BCUT2D eigenvalue weighted by Crippen LogP contribution is -2.31. The SMILES string of the molecule is CC1=Cc2c(-c3ccc(C(C)(C)C)cc3)cccc2C1C[Si]C1(C2C(C)=Cc3c(-c4ccc(C(C)(C)C)cc4)cccc32)CCCCC1. The van der Waals surface area contributed by atoms with Gasteiger partial charge in [0.25, 0.3) is 0 Å². The van der Waals surface area contributed by atoms with Crippen molar-refractivity contribution in [2.24, 2.45) is 0 Å². The predicted octanol–water partition coefficient (Wildman–Crippen LogP) is 13.6. The van der Waals surface area contributed by atoms with Gasteiger partial charge in [-0.25, -0.2) is 0 Å². The highest BCUT2D eigenvalue weighted by molar-refractivity contribution is 6.41. The first-order valence-corrected chi connectivity index (χ1v) is 19.7. The molecule has 1 heteroatoms. The molecule has 48 heavy (non-hydrogen) atoms. The van der Waals surface area contributed by atoms with E-state index in [-0.39, 0.29) is 10.8 Å². The van der Waals surface area contributed by atoms with E-state index in [0.29, 0.717) is 16.9 Å². The molecule has 0 bridgehead atoms. The molecule has 2 unspecified atom stereocenters. The lowest BCUT2D eigenvalue weighted by molar-refractivity contribution is 0.342. The first kappa shape index (κ1) is 33.1. The largest absolute Gasteiger partial charge is 0.0655 e. The van der Waals surface area contributed by atoms with Crippen molar-refractivity contribution in [1.29, 1.82) is 0 Å². The fourth-order valence-electron chi connectivity index (χ4n) is 9.04. The molecule has 1 fully saturated rings. The summed E-state index contributed by atoms with van der Waals surface area (Å²) in [6.45, 7) is 18.6. The molecule has 0 nitrogen and oxygen atoms in total. The Kier molecular flexibility index (Phi) is 8.60. The molecule has 0 aliphatic heterocycles. The van der Waals surface area contributed by atoms with Gasteiger partial charge in [-0.05, 0) is 104 Å². The monoisotopic (exact) mass is 646 g/mol. The molecule has 0 amide bonds. The molecule has 4 aromatic carbocycles. The number of hydrogen-bond donors (Lipinski definition) is 0. The van der Waals surface area contributed by atoms with E-state index in [0.717, 1.165) is 9.52 Å². The Morgan fingerprint density at radius 3 is 1.58 bits per heavy atom. The molecule has 0 N–H and O–H groups in total. The highest BCUT2D eigenvalue weighted by Crippen LogP contribution is 2.61. The molecule has 2 atom stereocenters. The lowest BCUT2D eigenvalue weighted by Gasteiger charge is -2.44. The standard InChI is InChI=1S/C47H54Si/c1-31-28-41-37(33-18-22-35(23-19-33)45(3,4)5)14-12-16-39(41)43(31)30-48-47(26-10-9-11-27-47)44-32(2)29-42-38(15-13-17-40(42)44)34-20-24-36(25-21-34)46(6,7)8/h12-25,28-29,43-44H,9-11,26-27,30H2,1-8H3. The molecule has 0 saturated heterocycles. The lowest BCUT2D eigenvalue weighted by atomic mass is 9.74.